The Balaban J connectivity index is 1.46. The molecule has 6 nitrogen and oxygen atoms in total. The third-order valence-electron chi connectivity index (χ3n) is 4.47. The summed E-state index contributed by atoms with van der Waals surface area (Å²) in [6.07, 6.45) is 5.42. The Morgan fingerprint density at radius 3 is 3.08 bits per heavy atom. The Bertz CT molecular complexity index is 735. The van der Waals surface area contributed by atoms with Crippen LogP contribution >= 0.6 is 0 Å². The minimum atomic E-state index is 0.280. The van der Waals surface area contributed by atoms with Gasteiger partial charge >= 0.3 is 0 Å². The number of unbranched alkanes of at least 4 members (excludes halogenated alkanes) is 1. The van der Waals surface area contributed by atoms with Gasteiger partial charge in [0, 0.05) is 43.0 Å². The van der Waals surface area contributed by atoms with E-state index in [4.69, 9.17) is 14.5 Å². The van der Waals surface area contributed by atoms with Crippen LogP contribution in [0.5, 0.6) is 11.5 Å². The summed E-state index contributed by atoms with van der Waals surface area (Å²) in [6.45, 7) is 5.71. The van der Waals surface area contributed by atoms with Crippen molar-refractivity contribution in [2.45, 2.75) is 32.7 Å². The number of nitrogens with one attached hydrogen (secondary N) is 1. The molecule has 1 N–H and O–H groups in total. The number of nitrogens with zero attached hydrogens (tertiary/aromatic N) is 3. The summed E-state index contributed by atoms with van der Waals surface area (Å²) in [5, 5.41) is 3.26. The topological polar surface area (TPSA) is 59.5 Å². The van der Waals surface area contributed by atoms with Crippen molar-refractivity contribution in [3.05, 3.63) is 35.7 Å². The summed E-state index contributed by atoms with van der Waals surface area (Å²) in [7, 11) is 0. The molecule has 1 aromatic carbocycles. The molecule has 0 aliphatic carbocycles. The number of hydrogen-bond donors (Lipinski definition) is 1. The van der Waals surface area contributed by atoms with Crippen LogP contribution < -0.4 is 14.8 Å². The van der Waals surface area contributed by atoms with E-state index in [1.54, 1.807) is 0 Å². The van der Waals surface area contributed by atoms with Gasteiger partial charge in [0.25, 0.3) is 0 Å². The van der Waals surface area contributed by atoms with Gasteiger partial charge in [-0.1, -0.05) is 13.3 Å². The van der Waals surface area contributed by atoms with Crippen LogP contribution in [0.1, 0.15) is 31.0 Å². The van der Waals surface area contributed by atoms with E-state index in [9.17, 15) is 0 Å². The summed E-state index contributed by atoms with van der Waals surface area (Å²) in [5.41, 5.74) is 3.30. The monoisotopic (exact) mass is 326 g/mol. The maximum Gasteiger partial charge on any atom is 0.231 e. The number of rotatable bonds is 5. The normalized spacial score (nSPS) is 16.0. The first kappa shape index (κ1) is 15.2. The first-order valence-electron chi connectivity index (χ1n) is 8.55. The van der Waals surface area contributed by atoms with Gasteiger partial charge in [0.15, 0.2) is 11.5 Å². The molecule has 0 amide bonds. The Morgan fingerprint density at radius 1 is 1.25 bits per heavy atom. The van der Waals surface area contributed by atoms with Crippen LogP contribution in [-0.4, -0.2) is 34.8 Å². The maximum absolute atomic E-state index is 5.40. The molecular weight excluding hydrogens is 304 g/mol. The molecule has 2 aliphatic rings. The van der Waals surface area contributed by atoms with E-state index in [2.05, 4.69) is 22.1 Å². The number of hydrogen-bond acceptors (Lipinski definition) is 6. The van der Waals surface area contributed by atoms with Gasteiger partial charge in [0.1, 0.15) is 0 Å². The molecule has 1 aromatic heterocycles. The van der Waals surface area contributed by atoms with Gasteiger partial charge < -0.3 is 14.8 Å². The molecular formula is C18H22N4O2. The van der Waals surface area contributed by atoms with Crippen LogP contribution in [0.15, 0.2) is 24.4 Å². The van der Waals surface area contributed by atoms with Crippen LogP contribution in [-0.2, 0) is 13.0 Å². The molecule has 24 heavy (non-hydrogen) atoms. The summed E-state index contributed by atoms with van der Waals surface area (Å²) in [5.74, 6) is 2.17. The lowest BCUT2D eigenvalue weighted by Crippen LogP contribution is -2.32. The second kappa shape index (κ2) is 6.65. The second-order valence-corrected chi connectivity index (χ2v) is 6.24. The largest absolute Gasteiger partial charge is 0.454 e. The fourth-order valence-electron chi connectivity index (χ4n) is 3.11. The molecule has 2 aromatic rings. The Kier molecular flexibility index (Phi) is 4.21. The molecule has 2 aliphatic heterocycles. The average Bonchev–Trinajstić information content (AvgIpc) is 3.07. The minimum absolute atomic E-state index is 0.280. The maximum atomic E-state index is 5.40. The van der Waals surface area contributed by atoms with Gasteiger partial charge in [-0.05, 0) is 25.1 Å². The molecule has 0 atom stereocenters. The third-order valence-corrected chi connectivity index (χ3v) is 4.47. The first-order chi connectivity index (χ1) is 11.8. The van der Waals surface area contributed by atoms with E-state index < -0.39 is 0 Å². The molecule has 3 heterocycles. The number of benzene rings is 1. The third kappa shape index (κ3) is 3.14. The van der Waals surface area contributed by atoms with Crippen molar-refractivity contribution in [1.82, 2.24) is 14.9 Å². The predicted molar refractivity (Wildman–Crippen MR) is 91.8 cm³/mol. The van der Waals surface area contributed by atoms with Gasteiger partial charge in [-0.3, -0.25) is 4.90 Å². The van der Waals surface area contributed by atoms with Crippen LogP contribution in [0.3, 0.4) is 0 Å². The van der Waals surface area contributed by atoms with Crippen molar-refractivity contribution >= 4 is 11.6 Å². The molecule has 0 fully saturated rings. The van der Waals surface area contributed by atoms with E-state index in [0.29, 0.717) is 5.95 Å². The lowest BCUT2D eigenvalue weighted by molar-refractivity contribution is 0.174. The average molecular weight is 326 g/mol. The van der Waals surface area contributed by atoms with Crippen LogP contribution in [0, 0.1) is 0 Å². The second-order valence-electron chi connectivity index (χ2n) is 6.24. The number of anilines is 2. The zero-order valence-corrected chi connectivity index (χ0v) is 13.9. The van der Waals surface area contributed by atoms with Gasteiger partial charge in [0.05, 0.1) is 5.69 Å². The van der Waals surface area contributed by atoms with E-state index in [-0.39, 0.29) is 6.79 Å². The highest BCUT2D eigenvalue weighted by Gasteiger charge is 2.18. The molecule has 0 saturated heterocycles. The number of aromatic nitrogens is 2. The molecule has 126 valence electrons. The fraction of sp³-hybridized carbons (Fsp3) is 0.444. The van der Waals surface area contributed by atoms with Crippen molar-refractivity contribution in [2.75, 3.05) is 25.2 Å². The molecule has 0 radical (unpaired) electrons. The van der Waals surface area contributed by atoms with Gasteiger partial charge in [-0.2, -0.15) is 0 Å². The van der Waals surface area contributed by atoms with Crippen LogP contribution in [0.4, 0.5) is 11.6 Å². The highest BCUT2D eigenvalue weighted by Crippen LogP contribution is 2.34. The van der Waals surface area contributed by atoms with Gasteiger partial charge in [-0.15, -0.1) is 0 Å². The summed E-state index contributed by atoms with van der Waals surface area (Å²) < 4.78 is 10.7. The van der Waals surface area contributed by atoms with Crippen LogP contribution in [0.25, 0.3) is 0 Å². The van der Waals surface area contributed by atoms with E-state index in [1.807, 2.05) is 24.4 Å². The molecule has 6 heteroatoms. The lowest BCUT2D eigenvalue weighted by Gasteiger charge is -2.27. The molecule has 4 rings (SSSR count). The predicted octanol–water partition coefficient (Wildman–Crippen LogP) is 3.11. The standard InChI is InChI=1S/C18H22N4O2/c1-2-3-7-22-8-6-15-13(11-22)10-19-18(21-15)20-14-4-5-16-17(9-14)24-12-23-16/h4-5,9-10H,2-3,6-8,11-12H2,1H3,(H,19,20,21). The quantitative estimate of drug-likeness (QED) is 0.911. The van der Waals surface area contributed by atoms with Gasteiger partial charge in [0.2, 0.25) is 12.7 Å². The highest BCUT2D eigenvalue weighted by molar-refractivity contribution is 5.60. The molecule has 0 spiro atoms. The summed E-state index contributed by atoms with van der Waals surface area (Å²) >= 11 is 0. The van der Waals surface area contributed by atoms with E-state index in [0.717, 1.165) is 48.9 Å². The zero-order chi connectivity index (χ0) is 16.4. The molecule has 0 bridgehead atoms. The van der Waals surface area contributed by atoms with Crippen molar-refractivity contribution in [1.29, 1.82) is 0 Å². The first-order valence-corrected chi connectivity index (χ1v) is 8.55. The minimum Gasteiger partial charge on any atom is -0.454 e. The van der Waals surface area contributed by atoms with E-state index in [1.165, 1.54) is 18.4 Å². The Labute approximate surface area is 141 Å². The van der Waals surface area contributed by atoms with Crippen LogP contribution in [0.2, 0.25) is 0 Å². The van der Waals surface area contributed by atoms with Crippen molar-refractivity contribution in [3.63, 3.8) is 0 Å². The van der Waals surface area contributed by atoms with Crippen molar-refractivity contribution in [2.24, 2.45) is 0 Å². The zero-order valence-electron chi connectivity index (χ0n) is 13.9. The highest BCUT2D eigenvalue weighted by atomic mass is 16.7. The fourth-order valence-corrected chi connectivity index (χ4v) is 3.11. The van der Waals surface area contributed by atoms with Gasteiger partial charge in [-0.25, -0.2) is 9.97 Å². The van der Waals surface area contributed by atoms with E-state index >= 15 is 0 Å². The number of fused-ring (bicyclic) bond motifs is 2. The van der Waals surface area contributed by atoms with Crippen molar-refractivity contribution in [3.8, 4) is 11.5 Å². The SMILES string of the molecule is CCCCN1CCc2nc(Nc3ccc4c(c3)OCO4)ncc2C1. The lowest BCUT2D eigenvalue weighted by atomic mass is 10.1. The Hall–Kier alpha value is -2.34. The smallest absolute Gasteiger partial charge is 0.231 e. The number of ether oxygens (including phenoxy) is 2. The molecule has 0 unspecified atom stereocenters. The summed E-state index contributed by atoms with van der Waals surface area (Å²) in [6, 6.07) is 5.76. The Morgan fingerprint density at radius 2 is 2.17 bits per heavy atom. The molecule has 0 saturated carbocycles. The van der Waals surface area contributed by atoms with Crippen molar-refractivity contribution < 1.29 is 9.47 Å². The summed E-state index contributed by atoms with van der Waals surface area (Å²) in [4.78, 5) is 11.7.